The Morgan fingerprint density at radius 1 is 1.15 bits per heavy atom. The Labute approximate surface area is 160 Å². The van der Waals surface area contributed by atoms with E-state index in [1.807, 2.05) is 12.1 Å². The summed E-state index contributed by atoms with van der Waals surface area (Å²) in [4.78, 5) is 27.0. The van der Waals surface area contributed by atoms with Gasteiger partial charge in [-0.1, -0.05) is 45.9 Å². The highest BCUT2D eigenvalue weighted by Gasteiger charge is 2.35. The van der Waals surface area contributed by atoms with Crippen LogP contribution >= 0.6 is 0 Å². The Hall–Kier alpha value is -2.56. The zero-order valence-corrected chi connectivity index (χ0v) is 16.5. The second-order valence-corrected chi connectivity index (χ2v) is 7.86. The summed E-state index contributed by atoms with van der Waals surface area (Å²) in [5.74, 6) is 0.914. The molecule has 1 aliphatic rings. The van der Waals surface area contributed by atoms with E-state index in [0.717, 1.165) is 22.6 Å². The molecule has 3 rings (SSSR count). The molecule has 27 heavy (non-hydrogen) atoms. The van der Waals surface area contributed by atoms with Gasteiger partial charge in [0.25, 0.3) is 0 Å². The number of furan rings is 1. The van der Waals surface area contributed by atoms with Crippen LogP contribution in [0.1, 0.15) is 62.8 Å². The number of nitrogens with one attached hydrogen (secondary N) is 1. The molecule has 5 nitrogen and oxygen atoms in total. The van der Waals surface area contributed by atoms with Gasteiger partial charge in [-0.2, -0.15) is 0 Å². The van der Waals surface area contributed by atoms with Crippen LogP contribution in [0.3, 0.4) is 0 Å². The van der Waals surface area contributed by atoms with Crippen molar-refractivity contribution in [3.05, 3.63) is 53.5 Å². The predicted octanol–water partition coefficient (Wildman–Crippen LogP) is 4.51. The molecule has 144 valence electrons. The van der Waals surface area contributed by atoms with E-state index in [1.165, 1.54) is 0 Å². The van der Waals surface area contributed by atoms with Gasteiger partial charge in [-0.3, -0.25) is 9.59 Å². The lowest BCUT2D eigenvalue weighted by Gasteiger charge is -2.21. The maximum absolute atomic E-state index is 12.9. The van der Waals surface area contributed by atoms with E-state index in [1.54, 1.807) is 17.2 Å². The van der Waals surface area contributed by atoms with Gasteiger partial charge in [-0.15, -0.1) is 0 Å². The molecule has 1 N–H and O–H groups in total. The van der Waals surface area contributed by atoms with Crippen LogP contribution in [0.2, 0.25) is 0 Å². The molecule has 2 aromatic rings. The topological polar surface area (TPSA) is 62.6 Å². The standard InChI is InChI=1S/C22H28N2O3/c1-14(2)18-8-5-9-19(15(3)4)21(18)23-22(26)16-11-20(25)24(12-16)13-17-7-6-10-27-17/h5-10,14-16H,11-13H2,1-4H3,(H,23,26)/t16-/m0/s1. The zero-order chi connectivity index (χ0) is 19.6. The summed E-state index contributed by atoms with van der Waals surface area (Å²) in [5, 5.41) is 3.14. The molecule has 0 aliphatic carbocycles. The van der Waals surface area contributed by atoms with Crippen LogP contribution in [0.5, 0.6) is 0 Å². The SMILES string of the molecule is CC(C)c1cccc(C(C)C)c1NC(=O)[C@H]1CC(=O)N(Cc2ccco2)C1. The van der Waals surface area contributed by atoms with Crippen molar-refractivity contribution < 1.29 is 14.0 Å². The molecular formula is C22H28N2O3. The molecule has 0 bridgehead atoms. The van der Waals surface area contributed by atoms with Gasteiger partial charge in [0.15, 0.2) is 0 Å². The third-order valence-electron chi connectivity index (χ3n) is 5.13. The highest BCUT2D eigenvalue weighted by Crippen LogP contribution is 2.33. The lowest BCUT2D eigenvalue weighted by atomic mass is 9.92. The molecular weight excluding hydrogens is 340 g/mol. The maximum atomic E-state index is 12.9. The van der Waals surface area contributed by atoms with E-state index in [2.05, 4.69) is 45.1 Å². The van der Waals surface area contributed by atoms with Crippen LogP contribution in [0, 0.1) is 5.92 Å². The molecule has 5 heteroatoms. The van der Waals surface area contributed by atoms with Gasteiger partial charge in [-0.05, 0) is 35.1 Å². The van der Waals surface area contributed by atoms with E-state index in [4.69, 9.17) is 4.42 Å². The van der Waals surface area contributed by atoms with Crippen LogP contribution in [0.15, 0.2) is 41.0 Å². The molecule has 1 aromatic carbocycles. The van der Waals surface area contributed by atoms with Crippen LogP contribution in [-0.2, 0) is 16.1 Å². The molecule has 0 spiro atoms. The Bertz CT molecular complexity index is 783. The summed E-state index contributed by atoms with van der Waals surface area (Å²) < 4.78 is 5.32. The number of carbonyl (C=O) groups excluding carboxylic acids is 2. The first-order chi connectivity index (χ1) is 12.9. The summed E-state index contributed by atoms with van der Waals surface area (Å²) >= 11 is 0. The zero-order valence-electron chi connectivity index (χ0n) is 16.5. The Morgan fingerprint density at radius 3 is 2.37 bits per heavy atom. The van der Waals surface area contributed by atoms with Crippen molar-refractivity contribution in [2.45, 2.75) is 52.5 Å². The summed E-state index contributed by atoms with van der Waals surface area (Å²) in [6, 6.07) is 9.82. The van der Waals surface area contributed by atoms with E-state index in [9.17, 15) is 9.59 Å². The number of hydrogen-bond acceptors (Lipinski definition) is 3. The molecule has 1 saturated heterocycles. The first kappa shape index (κ1) is 19.2. The van der Waals surface area contributed by atoms with Gasteiger partial charge < -0.3 is 14.6 Å². The normalized spacial score (nSPS) is 17.2. The van der Waals surface area contributed by atoms with Gasteiger partial charge in [-0.25, -0.2) is 0 Å². The Kier molecular flexibility index (Phi) is 5.68. The largest absolute Gasteiger partial charge is 0.467 e. The number of nitrogens with zero attached hydrogens (tertiary/aromatic N) is 1. The molecule has 0 unspecified atom stereocenters. The summed E-state index contributed by atoms with van der Waals surface area (Å²) in [6.45, 7) is 9.33. The van der Waals surface area contributed by atoms with Crippen LogP contribution in [-0.4, -0.2) is 23.3 Å². The highest BCUT2D eigenvalue weighted by atomic mass is 16.3. The predicted molar refractivity (Wildman–Crippen MR) is 105 cm³/mol. The van der Waals surface area contributed by atoms with Crippen LogP contribution in [0.25, 0.3) is 0 Å². The van der Waals surface area contributed by atoms with Gasteiger partial charge >= 0.3 is 0 Å². The fraction of sp³-hybridized carbons (Fsp3) is 0.455. The van der Waals surface area contributed by atoms with E-state index in [-0.39, 0.29) is 24.2 Å². The van der Waals surface area contributed by atoms with Crippen LogP contribution < -0.4 is 5.32 Å². The number of anilines is 1. The molecule has 1 fully saturated rings. The minimum Gasteiger partial charge on any atom is -0.467 e. The molecule has 2 amide bonds. The van der Waals surface area contributed by atoms with Crippen molar-refractivity contribution in [3.8, 4) is 0 Å². The summed E-state index contributed by atoms with van der Waals surface area (Å²) in [7, 11) is 0. The molecule has 1 aliphatic heterocycles. The fourth-order valence-corrected chi connectivity index (χ4v) is 3.61. The molecule has 1 aromatic heterocycles. The average Bonchev–Trinajstić information content (AvgIpc) is 3.25. The monoisotopic (exact) mass is 368 g/mol. The van der Waals surface area contributed by atoms with Gasteiger partial charge in [0.05, 0.1) is 18.7 Å². The van der Waals surface area contributed by atoms with Crippen molar-refractivity contribution in [1.29, 1.82) is 0 Å². The first-order valence-electron chi connectivity index (χ1n) is 9.60. The Morgan fingerprint density at radius 2 is 1.81 bits per heavy atom. The number of benzene rings is 1. The first-order valence-corrected chi connectivity index (χ1v) is 9.60. The van der Waals surface area contributed by atoms with Crippen LogP contribution in [0.4, 0.5) is 5.69 Å². The van der Waals surface area contributed by atoms with E-state index in [0.29, 0.717) is 24.9 Å². The number of para-hydroxylation sites is 1. The second-order valence-electron chi connectivity index (χ2n) is 7.86. The van der Waals surface area contributed by atoms with E-state index >= 15 is 0 Å². The number of hydrogen-bond donors (Lipinski definition) is 1. The van der Waals surface area contributed by atoms with Crippen molar-refractivity contribution in [3.63, 3.8) is 0 Å². The number of likely N-dealkylation sites (tertiary alicyclic amines) is 1. The Balaban J connectivity index is 1.75. The average molecular weight is 368 g/mol. The number of amides is 2. The lowest BCUT2D eigenvalue weighted by molar-refractivity contribution is -0.128. The van der Waals surface area contributed by atoms with Crippen molar-refractivity contribution in [2.24, 2.45) is 5.92 Å². The maximum Gasteiger partial charge on any atom is 0.229 e. The molecule has 1 atom stereocenters. The minimum atomic E-state index is -0.340. The van der Waals surface area contributed by atoms with Gasteiger partial charge in [0, 0.05) is 18.7 Å². The van der Waals surface area contributed by atoms with Crippen molar-refractivity contribution in [1.82, 2.24) is 4.90 Å². The smallest absolute Gasteiger partial charge is 0.229 e. The van der Waals surface area contributed by atoms with Gasteiger partial charge in [0.2, 0.25) is 11.8 Å². The second kappa shape index (κ2) is 7.99. The number of carbonyl (C=O) groups is 2. The quantitative estimate of drug-likeness (QED) is 0.816. The van der Waals surface area contributed by atoms with E-state index < -0.39 is 0 Å². The van der Waals surface area contributed by atoms with Crippen molar-refractivity contribution >= 4 is 17.5 Å². The fourth-order valence-electron chi connectivity index (χ4n) is 3.61. The summed E-state index contributed by atoms with van der Waals surface area (Å²) in [5.41, 5.74) is 3.17. The molecule has 0 radical (unpaired) electrons. The van der Waals surface area contributed by atoms with Crippen molar-refractivity contribution in [2.75, 3.05) is 11.9 Å². The third-order valence-corrected chi connectivity index (χ3v) is 5.13. The number of rotatable bonds is 6. The highest BCUT2D eigenvalue weighted by molar-refractivity contribution is 5.98. The molecule has 2 heterocycles. The minimum absolute atomic E-state index is 0.00669. The molecule has 0 saturated carbocycles. The summed E-state index contributed by atoms with van der Waals surface area (Å²) in [6.07, 6.45) is 1.84. The van der Waals surface area contributed by atoms with Gasteiger partial charge in [0.1, 0.15) is 5.76 Å². The third kappa shape index (κ3) is 4.24. The lowest BCUT2D eigenvalue weighted by Crippen LogP contribution is -2.28.